The highest BCUT2D eigenvalue weighted by Gasteiger charge is 2.22. The van der Waals surface area contributed by atoms with Crippen LogP contribution in [-0.2, 0) is 16.0 Å². The van der Waals surface area contributed by atoms with Crippen LogP contribution < -0.4 is 10.6 Å². The molecule has 0 atom stereocenters. The first-order valence-corrected chi connectivity index (χ1v) is 9.36. The van der Waals surface area contributed by atoms with E-state index in [2.05, 4.69) is 20.5 Å². The van der Waals surface area contributed by atoms with Gasteiger partial charge in [0.15, 0.2) is 0 Å². The van der Waals surface area contributed by atoms with E-state index >= 15 is 0 Å². The number of hydrogen-bond acceptors (Lipinski definition) is 4. The molecule has 0 radical (unpaired) electrons. The molecule has 1 aromatic carbocycles. The van der Waals surface area contributed by atoms with E-state index in [1.54, 1.807) is 6.20 Å². The molecular formula is C21H26N4O2. The Hall–Kier alpha value is -2.73. The molecule has 0 unspecified atom stereocenters. The van der Waals surface area contributed by atoms with Crippen LogP contribution >= 0.6 is 0 Å². The first-order chi connectivity index (χ1) is 13.1. The molecule has 27 heavy (non-hydrogen) atoms. The molecule has 2 N–H and O–H groups in total. The van der Waals surface area contributed by atoms with Crippen molar-refractivity contribution in [2.24, 2.45) is 0 Å². The predicted octanol–water partition coefficient (Wildman–Crippen LogP) is 2.15. The third kappa shape index (κ3) is 6.18. The Bertz CT molecular complexity index is 754. The van der Waals surface area contributed by atoms with Crippen molar-refractivity contribution in [1.82, 2.24) is 15.2 Å². The highest BCUT2D eigenvalue weighted by atomic mass is 16.2. The Morgan fingerprint density at radius 3 is 2.48 bits per heavy atom. The van der Waals surface area contributed by atoms with Crippen LogP contribution in [0, 0.1) is 6.92 Å². The second kappa shape index (κ2) is 9.28. The number of carbonyl (C=O) groups excluding carboxylic acids is 2. The summed E-state index contributed by atoms with van der Waals surface area (Å²) in [5, 5.41) is 6.01. The van der Waals surface area contributed by atoms with E-state index in [9.17, 15) is 9.59 Å². The van der Waals surface area contributed by atoms with Gasteiger partial charge in [-0.15, -0.1) is 0 Å². The number of benzene rings is 1. The zero-order valence-electron chi connectivity index (χ0n) is 15.6. The average Bonchev–Trinajstić information content (AvgIpc) is 2.66. The van der Waals surface area contributed by atoms with Gasteiger partial charge in [0, 0.05) is 36.7 Å². The summed E-state index contributed by atoms with van der Waals surface area (Å²) in [6, 6.07) is 13.5. The number of aryl methyl sites for hydroxylation is 1. The topological polar surface area (TPSA) is 74.3 Å². The van der Waals surface area contributed by atoms with Crippen molar-refractivity contribution in [3.05, 3.63) is 59.9 Å². The van der Waals surface area contributed by atoms with Crippen molar-refractivity contribution in [3.63, 3.8) is 0 Å². The molecule has 3 rings (SSSR count). The highest BCUT2D eigenvalue weighted by molar-refractivity contribution is 5.92. The summed E-state index contributed by atoms with van der Waals surface area (Å²) in [5.74, 6) is 0.0245. The molecule has 0 saturated carbocycles. The van der Waals surface area contributed by atoms with Crippen LogP contribution in [0.1, 0.15) is 24.1 Å². The van der Waals surface area contributed by atoms with Crippen molar-refractivity contribution in [1.29, 1.82) is 0 Å². The molecule has 2 aromatic rings. The fourth-order valence-corrected chi connectivity index (χ4v) is 3.23. The minimum atomic E-state index is -0.00411. The standard InChI is InChI=1S/C21H26N4O2/c1-16-7-8-17(14-22-16)13-20(26)23-19-9-11-25(12-10-19)15-21(27)24-18-5-3-2-4-6-18/h2-8,14,19H,9-13,15H2,1H3,(H,23,26)(H,24,27). The smallest absolute Gasteiger partial charge is 0.238 e. The van der Waals surface area contributed by atoms with Gasteiger partial charge >= 0.3 is 0 Å². The molecule has 0 bridgehead atoms. The largest absolute Gasteiger partial charge is 0.353 e. The predicted molar refractivity (Wildman–Crippen MR) is 105 cm³/mol. The van der Waals surface area contributed by atoms with E-state index in [1.807, 2.05) is 49.4 Å². The first-order valence-electron chi connectivity index (χ1n) is 9.36. The number of carbonyl (C=O) groups is 2. The van der Waals surface area contributed by atoms with Crippen LogP contribution in [0.5, 0.6) is 0 Å². The average molecular weight is 366 g/mol. The maximum Gasteiger partial charge on any atom is 0.238 e. The number of nitrogens with one attached hydrogen (secondary N) is 2. The van der Waals surface area contributed by atoms with Gasteiger partial charge in [-0.2, -0.15) is 0 Å². The minimum Gasteiger partial charge on any atom is -0.353 e. The molecule has 2 heterocycles. The van der Waals surface area contributed by atoms with Crippen molar-refractivity contribution in [2.75, 3.05) is 25.0 Å². The van der Waals surface area contributed by atoms with Gasteiger partial charge in [0.05, 0.1) is 13.0 Å². The minimum absolute atomic E-state index is 0.00411. The van der Waals surface area contributed by atoms with Crippen LogP contribution in [0.3, 0.4) is 0 Å². The normalized spacial score (nSPS) is 15.3. The van der Waals surface area contributed by atoms with E-state index in [1.165, 1.54) is 0 Å². The molecule has 142 valence electrons. The molecule has 0 aliphatic carbocycles. The number of anilines is 1. The summed E-state index contributed by atoms with van der Waals surface area (Å²) >= 11 is 0. The Morgan fingerprint density at radius 2 is 1.81 bits per heavy atom. The van der Waals surface area contributed by atoms with E-state index in [-0.39, 0.29) is 17.9 Å². The lowest BCUT2D eigenvalue weighted by Gasteiger charge is -2.31. The Morgan fingerprint density at radius 1 is 1.07 bits per heavy atom. The van der Waals surface area contributed by atoms with Gasteiger partial charge in [0.1, 0.15) is 0 Å². The first kappa shape index (κ1) is 19.0. The lowest BCUT2D eigenvalue weighted by Crippen LogP contribution is -2.46. The summed E-state index contributed by atoms with van der Waals surface area (Å²) in [7, 11) is 0. The summed E-state index contributed by atoms with van der Waals surface area (Å²) in [6.07, 6.45) is 3.82. The van der Waals surface area contributed by atoms with Crippen molar-refractivity contribution < 1.29 is 9.59 Å². The van der Waals surface area contributed by atoms with Crippen molar-refractivity contribution in [3.8, 4) is 0 Å². The fraction of sp³-hybridized carbons (Fsp3) is 0.381. The molecule has 1 aromatic heterocycles. The van der Waals surface area contributed by atoms with Gasteiger partial charge in [-0.3, -0.25) is 19.5 Å². The summed E-state index contributed by atoms with van der Waals surface area (Å²) in [6.45, 7) is 3.92. The molecule has 2 amide bonds. The molecule has 1 aliphatic heterocycles. The number of pyridine rings is 1. The number of para-hydroxylation sites is 1. The maximum atomic E-state index is 12.2. The van der Waals surface area contributed by atoms with E-state index in [0.29, 0.717) is 13.0 Å². The molecule has 0 spiro atoms. The van der Waals surface area contributed by atoms with Crippen molar-refractivity contribution >= 4 is 17.5 Å². The number of rotatable bonds is 6. The van der Waals surface area contributed by atoms with Crippen LogP contribution in [-0.4, -0.2) is 47.4 Å². The zero-order valence-corrected chi connectivity index (χ0v) is 15.6. The van der Waals surface area contributed by atoms with Gasteiger partial charge in [-0.1, -0.05) is 24.3 Å². The molecule has 1 fully saturated rings. The Balaban J connectivity index is 1.37. The summed E-state index contributed by atoms with van der Waals surface area (Å²) < 4.78 is 0. The number of amides is 2. The van der Waals surface area contributed by atoms with Crippen LogP contribution in [0.25, 0.3) is 0 Å². The zero-order chi connectivity index (χ0) is 19.1. The molecule has 6 nitrogen and oxygen atoms in total. The van der Waals surface area contributed by atoms with Crippen LogP contribution in [0.2, 0.25) is 0 Å². The van der Waals surface area contributed by atoms with Crippen LogP contribution in [0.4, 0.5) is 5.69 Å². The lowest BCUT2D eigenvalue weighted by atomic mass is 10.0. The number of nitrogens with zero attached hydrogens (tertiary/aromatic N) is 2. The van der Waals surface area contributed by atoms with Gasteiger partial charge < -0.3 is 10.6 Å². The summed E-state index contributed by atoms with van der Waals surface area (Å²) in [5.41, 5.74) is 2.69. The number of aromatic nitrogens is 1. The molecule has 1 aliphatic rings. The quantitative estimate of drug-likeness (QED) is 0.822. The molecule has 1 saturated heterocycles. The third-order valence-corrected chi connectivity index (χ3v) is 4.71. The highest BCUT2D eigenvalue weighted by Crippen LogP contribution is 2.12. The lowest BCUT2D eigenvalue weighted by molar-refractivity contribution is -0.122. The second-order valence-electron chi connectivity index (χ2n) is 7.02. The van der Waals surface area contributed by atoms with Crippen LogP contribution in [0.15, 0.2) is 48.7 Å². The van der Waals surface area contributed by atoms with Gasteiger partial charge in [0.25, 0.3) is 0 Å². The van der Waals surface area contributed by atoms with Gasteiger partial charge in [0.2, 0.25) is 11.8 Å². The molecular weight excluding hydrogens is 340 g/mol. The summed E-state index contributed by atoms with van der Waals surface area (Å²) in [4.78, 5) is 30.7. The maximum absolute atomic E-state index is 12.2. The Kier molecular flexibility index (Phi) is 6.54. The van der Waals surface area contributed by atoms with E-state index in [4.69, 9.17) is 0 Å². The van der Waals surface area contributed by atoms with Gasteiger partial charge in [-0.05, 0) is 43.5 Å². The number of hydrogen-bond donors (Lipinski definition) is 2. The van der Waals surface area contributed by atoms with E-state index in [0.717, 1.165) is 42.9 Å². The Labute approximate surface area is 160 Å². The van der Waals surface area contributed by atoms with Gasteiger partial charge in [-0.25, -0.2) is 0 Å². The number of likely N-dealkylation sites (tertiary alicyclic amines) is 1. The van der Waals surface area contributed by atoms with Crippen molar-refractivity contribution in [2.45, 2.75) is 32.2 Å². The monoisotopic (exact) mass is 366 g/mol. The third-order valence-electron chi connectivity index (χ3n) is 4.71. The number of piperidine rings is 1. The van der Waals surface area contributed by atoms with E-state index < -0.39 is 0 Å². The SMILES string of the molecule is Cc1ccc(CC(=O)NC2CCN(CC(=O)Nc3ccccc3)CC2)cn1. The second-order valence-corrected chi connectivity index (χ2v) is 7.02. The fourth-order valence-electron chi connectivity index (χ4n) is 3.23. The molecule has 6 heteroatoms.